The summed E-state index contributed by atoms with van der Waals surface area (Å²) < 4.78 is 13.3. The molecule has 1 unspecified atom stereocenters. The molecule has 3 rings (SSSR count). The maximum absolute atomic E-state index is 6.56. The molecule has 4 heteroatoms. The van der Waals surface area contributed by atoms with Crippen LogP contribution in [0.2, 0.25) is 0 Å². The van der Waals surface area contributed by atoms with Gasteiger partial charge in [0.25, 0.3) is 0 Å². The summed E-state index contributed by atoms with van der Waals surface area (Å²) in [4.78, 5) is 0. The maximum Gasteiger partial charge on any atom is 0.184 e. The number of hydrogen-bond acceptors (Lipinski definition) is 4. The first kappa shape index (κ1) is 19.3. The lowest BCUT2D eigenvalue weighted by Crippen LogP contribution is -2.45. The van der Waals surface area contributed by atoms with E-state index in [4.69, 9.17) is 9.47 Å². The Morgan fingerprint density at radius 1 is 1.20 bits per heavy atom. The zero-order chi connectivity index (χ0) is 17.6. The standard InChI is InChI=1S/C21H30O2S2/c1-4-15(2)13-16(3)19-18(21-24-11-8-12-25-21)14-22-20(23-19)17-9-6-5-7-10-17/h4-7,9-10,15-16,18-21H,1,8,11-14H2,2-3H3/t15-,16-,18+,19-,20?/m1/s1. The van der Waals surface area contributed by atoms with Gasteiger partial charge in [-0.2, -0.15) is 0 Å². The van der Waals surface area contributed by atoms with Crippen molar-refractivity contribution in [1.82, 2.24) is 0 Å². The number of allylic oxidation sites excluding steroid dienone is 1. The molecule has 1 aromatic carbocycles. The highest BCUT2D eigenvalue weighted by Crippen LogP contribution is 2.44. The molecule has 1 aromatic rings. The van der Waals surface area contributed by atoms with E-state index in [0.717, 1.165) is 18.6 Å². The summed E-state index contributed by atoms with van der Waals surface area (Å²) in [6.07, 6.45) is 4.50. The van der Waals surface area contributed by atoms with Crippen molar-refractivity contribution in [3.05, 3.63) is 48.6 Å². The van der Waals surface area contributed by atoms with E-state index in [1.165, 1.54) is 17.9 Å². The molecule has 0 saturated carbocycles. The summed E-state index contributed by atoms with van der Waals surface area (Å²) in [5, 5.41) is 0. The molecule has 2 saturated heterocycles. The van der Waals surface area contributed by atoms with Crippen LogP contribution in [0.15, 0.2) is 43.0 Å². The van der Waals surface area contributed by atoms with E-state index < -0.39 is 0 Å². The highest BCUT2D eigenvalue weighted by molar-refractivity contribution is 8.17. The summed E-state index contributed by atoms with van der Waals surface area (Å²) in [6.45, 7) is 9.33. The van der Waals surface area contributed by atoms with Crippen molar-refractivity contribution >= 4 is 23.5 Å². The molecule has 0 spiro atoms. The molecule has 0 bridgehead atoms. The zero-order valence-electron chi connectivity index (χ0n) is 15.3. The molecule has 0 aromatic heterocycles. The first-order valence-corrected chi connectivity index (χ1v) is 11.5. The normalized spacial score (nSPS) is 30.6. The van der Waals surface area contributed by atoms with E-state index in [-0.39, 0.29) is 12.4 Å². The van der Waals surface area contributed by atoms with E-state index >= 15 is 0 Å². The molecule has 0 aliphatic carbocycles. The van der Waals surface area contributed by atoms with Gasteiger partial charge in [-0.1, -0.05) is 50.3 Å². The van der Waals surface area contributed by atoms with Gasteiger partial charge in [0.1, 0.15) is 0 Å². The van der Waals surface area contributed by atoms with Gasteiger partial charge >= 0.3 is 0 Å². The quantitative estimate of drug-likeness (QED) is 0.585. The lowest BCUT2D eigenvalue weighted by atomic mass is 9.86. The summed E-state index contributed by atoms with van der Waals surface area (Å²) in [7, 11) is 0. The van der Waals surface area contributed by atoms with Gasteiger partial charge in [0.15, 0.2) is 6.29 Å². The van der Waals surface area contributed by atoms with Crippen molar-refractivity contribution in [2.75, 3.05) is 18.1 Å². The minimum atomic E-state index is -0.234. The van der Waals surface area contributed by atoms with Crippen LogP contribution in [0.25, 0.3) is 0 Å². The highest BCUT2D eigenvalue weighted by Gasteiger charge is 2.41. The molecule has 0 radical (unpaired) electrons. The molecular weight excluding hydrogens is 348 g/mol. The average molecular weight is 379 g/mol. The first-order chi connectivity index (χ1) is 12.2. The van der Waals surface area contributed by atoms with Crippen LogP contribution in [0.5, 0.6) is 0 Å². The monoisotopic (exact) mass is 378 g/mol. The van der Waals surface area contributed by atoms with Crippen molar-refractivity contribution in [3.8, 4) is 0 Å². The number of benzene rings is 1. The van der Waals surface area contributed by atoms with Crippen molar-refractivity contribution in [2.24, 2.45) is 17.8 Å². The molecular formula is C21H30O2S2. The fourth-order valence-electron chi connectivity index (χ4n) is 3.72. The Bertz CT molecular complexity index is 530. The Kier molecular flexibility index (Phi) is 7.35. The van der Waals surface area contributed by atoms with Crippen LogP contribution in [0.1, 0.15) is 38.5 Å². The van der Waals surface area contributed by atoms with Crippen molar-refractivity contribution in [3.63, 3.8) is 0 Å². The lowest BCUT2D eigenvalue weighted by molar-refractivity contribution is -0.250. The molecule has 2 aliphatic rings. The highest BCUT2D eigenvalue weighted by atomic mass is 32.2. The van der Waals surface area contributed by atoms with Gasteiger partial charge in [-0.25, -0.2) is 0 Å². The average Bonchev–Trinajstić information content (AvgIpc) is 2.68. The van der Waals surface area contributed by atoms with E-state index in [1.807, 2.05) is 6.07 Å². The van der Waals surface area contributed by atoms with Crippen molar-refractivity contribution < 1.29 is 9.47 Å². The molecule has 2 fully saturated rings. The molecule has 0 amide bonds. The van der Waals surface area contributed by atoms with Crippen LogP contribution < -0.4 is 0 Å². The third kappa shape index (κ3) is 5.06. The summed E-state index contributed by atoms with van der Waals surface area (Å²) >= 11 is 4.19. The Morgan fingerprint density at radius 3 is 2.60 bits per heavy atom. The van der Waals surface area contributed by atoms with Gasteiger partial charge < -0.3 is 9.47 Å². The van der Waals surface area contributed by atoms with Gasteiger partial charge in [-0.15, -0.1) is 30.1 Å². The van der Waals surface area contributed by atoms with E-state index in [9.17, 15) is 0 Å². The van der Waals surface area contributed by atoms with E-state index in [2.05, 4.69) is 74.3 Å². The Hall–Kier alpha value is -0.420. The minimum absolute atomic E-state index is 0.234. The Morgan fingerprint density at radius 2 is 1.92 bits per heavy atom. The van der Waals surface area contributed by atoms with Crippen LogP contribution >= 0.6 is 23.5 Å². The number of rotatable bonds is 6. The number of thioether (sulfide) groups is 2. The van der Waals surface area contributed by atoms with Crippen LogP contribution in [0.4, 0.5) is 0 Å². The second-order valence-electron chi connectivity index (χ2n) is 7.23. The topological polar surface area (TPSA) is 18.5 Å². The fourth-order valence-corrected chi connectivity index (χ4v) is 6.91. The largest absolute Gasteiger partial charge is 0.348 e. The van der Waals surface area contributed by atoms with Gasteiger partial charge in [-0.3, -0.25) is 0 Å². The molecule has 5 atom stereocenters. The Labute approximate surface area is 161 Å². The van der Waals surface area contributed by atoms with Crippen LogP contribution in [-0.2, 0) is 9.47 Å². The summed E-state index contributed by atoms with van der Waals surface area (Å²) in [6, 6.07) is 10.3. The summed E-state index contributed by atoms with van der Waals surface area (Å²) in [5.74, 6) is 4.00. The zero-order valence-corrected chi connectivity index (χ0v) is 16.9. The van der Waals surface area contributed by atoms with Gasteiger partial charge in [0, 0.05) is 11.5 Å². The predicted octanol–water partition coefficient (Wildman–Crippen LogP) is 5.76. The van der Waals surface area contributed by atoms with Gasteiger partial charge in [0.2, 0.25) is 0 Å². The van der Waals surface area contributed by atoms with Gasteiger partial charge in [-0.05, 0) is 36.2 Å². The molecule has 138 valence electrons. The molecule has 2 aliphatic heterocycles. The fraction of sp³-hybridized carbons (Fsp3) is 0.619. The SMILES string of the molecule is C=C[C@@H](C)C[C@@H](C)[C@H]1OC(c2ccccc2)OC[C@@H]1C1SCCCS1. The third-order valence-electron chi connectivity index (χ3n) is 5.12. The minimum Gasteiger partial charge on any atom is -0.348 e. The lowest BCUT2D eigenvalue weighted by Gasteiger charge is -2.43. The van der Waals surface area contributed by atoms with Crippen LogP contribution in [-0.4, -0.2) is 28.8 Å². The first-order valence-electron chi connectivity index (χ1n) is 9.36. The second kappa shape index (κ2) is 9.50. The van der Waals surface area contributed by atoms with Crippen LogP contribution in [0, 0.1) is 17.8 Å². The number of hydrogen-bond donors (Lipinski definition) is 0. The Balaban J connectivity index is 1.74. The van der Waals surface area contributed by atoms with E-state index in [0.29, 0.717) is 22.3 Å². The molecule has 25 heavy (non-hydrogen) atoms. The molecule has 2 nitrogen and oxygen atoms in total. The van der Waals surface area contributed by atoms with Crippen LogP contribution in [0.3, 0.4) is 0 Å². The third-order valence-corrected chi connectivity index (χ3v) is 8.35. The second-order valence-corrected chi connectivity index (χ2v) is 10.0. The summed E-state index contributed by atoms with van der Waals surface area (Å²) in [5.41, 5.74) is 1.12. The molecule has 2 heterocycles. The van der Waals surface area contributed by atoms with Crippen molar-refractivity contribution in [2.45, 2.75) is 43.7 Å². The van der Waals surface area contributed by atoms with E-state index in [1.54, 1.807) is 0 Å². The molecule has 0 N–H and O–H groups in total. The smallest absolute Gasteiger partial charge is 0.184 e. The predicted molar refractivity (Wildman–Crippen MR) is 110 cm³/mol. The van der Waals surface area contributed by atoms with Crippen molar-refractivity contribution in [1.29, 1.82) is 0 Å². The number of ether oxygens (including phenoxy) is 2. The maximum atomic E-state index is 6.56. The van der Waals surface area contributed by atoms with Gasteiger partial charge in [0.05, 0.1) is 17.3 Å².